The SMILES string of the molecule is Cc1ccc(Br)cc1N(C)CCC1CN(C)CCN1. The first kappa shape index (κ1) is 14.8. The normalized spacial score (nSPS) is 20.5. The van der Waals surface area contributed by atoms with Crippen molar-refractivity contribution in [2.45, 2.75) is 19.4 Å². The summed E-state index contributed by atoms with van der Waals surface area (Å²) in [6.45, 7) is 6.69. The monoisotopic (exact) mass is 325 g/mol. The molecular weight excluding hydrogens is 302 g/mol. The quantitative estimate of drug-likeness (QED) is 0.917. The summed E-state index contributed by atoms with van der Waals surface area (Å²) in [6, 6.07) is 7.09. The number of hydrogen-bond donors (Lipinski definition) is 1. The van der Waals surface area contributed by atoms with E-state index in [1.165, 1.54) is 17.7 Å². The van der Waals surface area contributed by atoms with Gasteiger partial charge in [0.05, 0.1) is 0 Å². The van der Waals surface area contributed by atoms with Gasteiger partial charge in [0.2, 0.25) is 0 Å². The van der Waals surface area contributed by atoms with Gasteiger partial charge in [-0.1, -0.05) is 22.0 Å². The number of anilines is 1. The second kappa shape index (κ2) is 6.73. The minimum atomic E-state index is 0.619. The maximum absolute atomic E-state index is 3.60. The first-order valence-corrected chi connectivity index (χ1v) is 7.75. The summed E-state index contributed by atoms with van der Waals surface area (Å²) in [6.07, 6.45) is 1.19. The topological polar surface area (TPSA) is 18.5 Å². The van der Waals surface area contributed by atoms with E-state index in [0.29, 0.717) is 6.04 Å². The number of nitrogens with one attached hydrogen (secondary N) is 1. The van der Waals surface area contributed by atoms with E-state index >= 15 is 0 Å². The van der Waals surface area contributed by atoms with Crippen molar-refractivity contribution < 1.29 is 0 Å². The van der Waals surface area contributed by atoms with E-state index in [0.717, 1.165) is 30.7 Å². The summed E-state index contributed by atoms with van der Waals surface area (Å²) in [5, 5.41) is 3.60. The molecule has 0 radical (unpaired) electrons. The Kier molecular flexibility index (Phi) is 5.25. The van der Waals surface area contributed by atoms with Gasteiger partial charge in [-0.2, -0.15) is 0 Å². The molecule has 0 bridgehead atoms. The van der Waals surface area contributed by atoms with E-state index in [9.17, 15) is 0 Å². The lowest BCUT2D eigenvalue weighted by molar-refractivity contribution is 0.233. The summed E-state index contributed by atoms with van der Waals surface area (Å²) in [5.74, 6) is 0. The number of likely N-dealkylation sites (N-methyl/N-ethyl adjacent to an activating group) is 1. The Morgan fingerprint density at radius 1 is 1.47 bits per heavy atom. The zero-order valence-electron chi connectivity index (χ0n) is 12.1. The zero-order chi connectivity index (χ0) is 13.8. The van der Waals surface area contributed by atoms with E-state index < -0.39 is 0 Å². The molecule has 19 heavy (non-hydrogen) atoms. The summed E-state index contributed by atoms with van der Waals surface area (Å²) in [4.78, 5) is 4.77. The largest absolute Gasteiger partial charge is 0.374 e. The third-order valence-corrected chi connectivity index (χ3v) is 4.35. The Bertz CT molecular complexity index is 422. The number of rotatable bonds is 4. The average molecular weight is 326 g/mol. The second-order valence-electron chi connectivity index (χ2n) is 5.55. The minimum Gasteiger partial charge on any atom is -0.374 e. The molecule has 1 N–H and O–H groups in total. The molecule has 2 rings (SSSR count). The highest BCUT2D eigenvalue weighted by Gasteiger charge is 2.17. The van der Waals surface area contributed by atoms with Crippen molar-refractivity contribution in [1.29, 1.82) is 0 Å². The van der Waals surface area contributed by atoms with Crippen LogP contribution in [0, 0.1) is 6.92 Å². The first-order chi connectivity index (χ1) is 9.06. The molecule has 4 heteroatoms. The fraction of sp³-hybridized carbons (Fsp3) is 0.600. The molecule has 106 valence electrons. The van der Waals surface area contributed by atoms with Crippen molar-refractivity contribution in [2.75, 3.05) is 45.2 Å². The van der Waals surface area contributed by atoms with Gasteiger partial charge in [-0.3, -0.25) is 0 Å². The van der Waals surface area contributed by atoms with Gasteiger partial charge in [0.1, 0.15) is 0 Å². The number of halogens is 1. The maximum Gasteiger partial charge on any atom is 0.0404 e. The lowest BCUT2D eigenvalue weighted by Gasteiger charge is -2.32. The van der Waals surface area contributed by atoms with Gasteiger partial charge in [-0.05, 0) is 38.1 Å². The molecular formula is C15H24BrN3. The van der Waals surface area contributed by atoms with E-state index in [4.69, 9.17) is 0 Å². The summed E-state index contributed by atoms with van der Waals surface area (Å²) < 4.78 is 1.15. The standard InChI is InChI=1S/C15H24BrN3/c1-12-4-5-13(16)10-15(12)19(3)8-6-14-11-18(2)9-7-17-14/h4-5,10,14,17H,6-9,11H2,1-3H3. The predicted octanol–water partition coefficient (Wildman–Crippen LogP) is 2.49. The van der Waals surface area contributed by atoms with Crippen LogP contribution in [0.2, 0.25) is 0 Å². The Labute approximate surface area is 125 Å². The van der Waals surface area contributed by atoms with Crippen LogP contribution in [-0.2, 0) is 0 Å². The molecule has 0 spiro atoms. The van der Waals surface area contributed by atoms with Crippen LogP contribution >= 0.6 is 15.9 Å². The fourth-order valence-electron chi connectivity index (χ4n) is 2.65. The Balaban J connectivity index is 1.90. The summed E-state index contributed by atoms with van der Waals surface area (Å²) in [7, 11) is 4.39. The summed E-state index contributed by atoms with van der Waals surface area (Å²) >= 11 is 3.55. The molecule has 1 atom stereocenters. The van der Waals surface area contributed by atoms with Gasteiger partial charge in [-0.25, -0.2) is 0 Å². The minimum absolute atomic E-state index is 0.619. The van der Waals surface area contributed by atoms with Gasteiger partial charge in [0, 0.05) is 49.4 Å². The van der Waals surface area contributed by atoms with Crippen molar-refractivity contribution in [2.24, 2.45) is 0 Å². The molecule has 1 aromatic carbocycles. The molecule has 3 nitrogen and oxygen atoms in total. The molecule has 1 heterocycles. The van der Waals surface area contributed by atoms with Gasteiger partial charge in [0.15, 0.2) is 0 Å². The molecule has 0 amide bonds. The molecule has 1 unspecified atom stereocenters. The Morgan fingerprint density at radius 2 is 2.26 bits per heavy atom. The van der Waals surface area contributed by atoms with Crippen LogP contribution in [0.5, 0.6) is 0 Å². The van der Waals surface area contributed by atoms with Crippen molar-refractivity contribution in [3.05, 3.63) is 28.2 Å². The third kappa shape index (κ3) is 4.20. The Morgan fingerprint density at radius 3 is 3.00 bits per heavy atom. The number of aryl methyl sites for hydroxylation is 1. The van der Waals surface area contributed by atoms with Crippen molar-refractivity contribution in [3.8, 4) is 0 Å². The number of benzene rings is 1. The molecule has 0 aromatic heterocycles. The lowest BCUT2D eigenvalue weighted by Crippen LogP contribution is -2.49. The van der Waals surface area contributed by atoms with Gasteiger partial charge >= 0.3 is 0 Å². The molecule has 1 fully saturated rings. The molecule has 0 aliphatic carbocycles. The number of hydrogen-bond acceptors (Lipinski definition) is 3. The molecule has 1 aliphatic rings. The smallest absolute Gasteiger partial charge is 0.0404 e. The van der Waals surface area contributed by atoms with Crippen molar-refractivity contribution in [1.82, 2.24) is 10.2 Å². The number of piperazine rings is 1. The van der Waals surface area contributed by atoms with Crippen LogP contribution in [0.25, 0.3) is 0 Å². The molecule has 1 aromatic rings. The molecule has 1 saturated heterocycles. The Hall–Kier alpha value is -0.580. The second-order valence-corrected chi connectivity index (χ2v) is 6.47. The number of nitrogens with zero attached hydrogens (tertiary/aromatic N) is 2. The van der Waals surface area contributed by atoms with Crippen molar-refractivity contribution >= 4 is 21.6 Å². The van der Waals surface area contributed by atoms with Crippen LogP contribution in [0.3, 0.4) is 0 Å². The van der Waals surface area contributed by atoms with Crippen LogP contribution < -0.4 is 10.2 Å². The predicted molar refractivity (Wildman–Crippen MR) is 86.1 cm³/mol. The van der Waals surface area contributed by atoms with E-state index in [2.05, 4.69) is 70.3 Å². The van der Waals surface area contributed by atoms with E-state index in [1.807, 2.05) is 0 Å². The fourth-order valence-corrected chi connectivity index (χ4v) is 3.00. The van der Waals surface area contributed by atoms with Crippen LogP contribution in [0.15, 0.2) is 22.7 Å². The van der Waals surface area contributed by atoms with Gasteiger partial charge in [-0.15, -0.1) is 0 Å². The highest BCUT2D eigenvalue weighted by atomic mass is 79.9. The highest BCUT2D eigenvalue weighted by molar-refractivity contribution is 9.10. The van der Waals surface area contributed by atoms with Gasteiger partial charge in [0.25, 0.3) is 0 Å². The van der Waals surface area contributed by atoms with Crippen molar-refractivity contribution in [3.63, 3.8) is 0 Å². The van der Waals surface area contributed by atoms with Crippen LogP contribution in [0.4, 0.5) is 5.69 Å². The van der Waals surface area contributed by atoms with Crippen LogP contribution in [0.1, 0.15) is 12.0 Å². The molecule has 1 aliphatic heterocycles. The zero-order valence-corrected chi connectivity index (χ0v) is 13.7. The summed E-state index contributed by atoms with van der Waals surface area (Å²) in [5.41, 5.74) is 2.65. The lowest BCUT2D eigenvalue weighted by atomic mass is 10.1. The van der Waals surface area contributed by atoms with E-state index in [-0.39, 0.29) is 0 Å². The maximum atomic E-state index is 3.60. The van der Waals surface area contributed by atoms with E-state index in [1.54, 1.807) is 0 Å². The third-order valence-electron chi connectivity index (χ3n) is 3.85. The average Bonchev–Trinajstić information content (AvgIpc) is 2.39. The highest BCUT2D eigenvalue weighted by Crippen LogP contribution is 2.23. The van der Waals surface area contributed by atoms with Crippen LogP contribution in [-0.4, -0.2) is 51.2 Å². The first-order valence-electron chi connectivity index (χ1n) is 6.95. The molecule has 0 saturated carbocycles. The van der Waals surface area contributed by atoms with Gasteiger partial charge < -0.3 is 15.1 Å².